The molecule has 0 radical (unpaired) electrons. The number of hydrazine groups is 1. The molecule has 0 saturated heterocycles. The van der Waals surface area contributed by atoms with E-state index >= 15 is 0 Å². The number of nitrogens with zero attached hydrogens (tertiary/aromatic N) is 3. The summed E-state index contributed by atoms with van der Waals surface area (Å²) in [6.45, 7) is 2.88. The first kappa shape index (κ1) is 13.7. The molecule has 0 aliphatic rings. The molecule has 2 heterocycles. The second kappa shape index (κ2) is 6.02. The van der Waals surface area contributed by atoms with Crippen LogP contribution in [0.25, 0.3) is 10.9 Å². The zero-order valence-electron chi connectivity index (χ0n) is 11.6. The molecule has 0 saturated carbocycles. The monoisotopic (exact) mass is 300 g/mol. The highest BCUT2D eigenvalue weighted by molar-refractivity contribution is 7.09. The average Bonchev–Trinajstić information content (AvgIpc) is 3.06. The van der Waals surface area contributed by atoms with Gasteiger partial charge in [0.15, 0.2) is 0 Å². The smallest absolute Gasteiger partial charge is 0.239 e. The standard InChI is InChI=1S/C14H16N6S/c1-9(13-16-6-7-21-13)8-17-12-10-4-2-3-5-11(10)18-14(19-12)20-15/h2-7,9H,8,15H2,1H3,(H2,17,18,19,20). The summed E-state index contributed by atoms with van der Waals surface area (Å²) in [5, 5.41) is 7.44. The number of rotatable bonds is 5. The van der Waals surface area contributed by atoms with Gasteiger partial charge in [0.1, 0.15) is 5.82 Å². The molecule has 0 fully saturated rings. The van der Waals surface area contributed by atoms with E-state index in [1.54, 1.807) is 11.3 Å². The third-order valence-corrected chi connectivity index (χ3v) is 4.19. The van der Waals surface area contributed by atoms with E-state index in [0.29, 0.717) is 11.9 Å². The van der Waals surface area contributed by atoms with Crippen LogP contribution in [-0.2, 0) is 0 Å². The highest BCUT2D eigenvalue weighted by atomic mass is 32.1. The summed E-state index contributed by atoms with van der Waals surface area (Å²) in [6, 6.07) is 7.84. The van der Waals surface area contributed by atoms with E-state index in [1.807, 2.05) is 35.8 Å². The second-order valence-corrected chi connectivity index (χ2v) is 5.64. The zero-order chi connectivity index (χ0) is 14.7. The van der Waals surface area contributed by atoms with Crippen molar-refractivity contribution >= 4 is 34.0 Å². The maximum atomic E-state index is 5.43. The Hall–Kier alpha value is -2.25. The summed E-state index contributed by atoms with van der Waals surface area (Å²) in [7, 11) is 0. The zero-order valence-corrected chi connectivity index (χ0v) is 12.4. The third-order valence-electron chi connectivity index (χ3n) is 3.18. The van der Waals surface area contributed by atoms with Crippen LogP contribution in [0.3, 0.4) is 0 Å². The number of hydrogen-bond acceptors (Lipinski definition) is 7. The molecule has 108 valence electrons. The lowest BCUT2D eigenvalue weighted by molar-refractivity contribution is 0.792. The molecule has 3 aromatic rings. The van der Waals surface area contributed by atoms with Gasteiger partial charge >= 0.3 is 0 Å². The van der Waals surface area contributed by atoms with Gasteiger partial charge in [-0.1, -0.05) is 19.1 Å². The van der Waals surface area contributed by atoms with Crippen LogP contribution in [0.5, 0.6) is 0 Å². The number of thiazole rings is 1. The van der Waals surface area contributed by atoms with Gasteiger partial charge in [0.2, 0.25) is 5.95 Å². The Morgan fingerprint density at radius 1 is 1.29 bits per heavy atom. The predicted octanol–water partition coefficient (Wildman–Crippen LogP) is 2.59. The second-order valence-electron chi connectivity index (χ2n) is 4.71. The van der Waals surface area contributed by atoms with Crippen molar-refractivity contribution in [3.8, 4) is 0 Å². The molecule has 1 aromatic carbocycles. The van der Waals surface area contributed by atoms with Gasteiger partial charge in [0, 0.05) is 29.4 Å². The summed E-state index contributed by atoms with van der Waals surface area (Å²) in [4.78, 5) is 13.1. The van der Waals surface area contributed by atoms with Crippen molar-refractivity contribution in [1.29, 1.82) is 0 Å². The van der Waals surface area contributed by atoms with E-state index in [0.717, 1.165) is 28.3 Å². The van der Waals surface area contributed by atoms with Crippen molar-refractivity contribution in [2.75, 3.05) is 17.3 Å². The van der Waals surface area contributed by atoms with Gasteiger partial charge in [-0.05, 0) is 12.1 Å². The number of nitrogens with one attached hydrogen (secondary N) is 2. The molecule has 0 amide bonds. The molecular weight excluding hydrogens is 284 g/mol. The number of fused-ring (bicyclic) bond motifs is 1. The molecule has 6 nitrogen and oxygen atoms in total. The minimum Gasteiger partial charge on any atom is -0.369 e. The van der Waals surface area contributed by atoms with Crippen LogP contribution in [0.1, 0.15) is 17.8 Å². The first-order valence-corrected chi connectivity index (χ1v) is 7.52. The fourth-order valence-corrected chi connectivity index (χ4v) is 2.79. The Kier molecular flexibility index (Phi) is 3.94. The highest BCUT2D eigenvalue weighted by Crippen LogP contribution is 2.23. The largest absolute Gasteiger partial charge is 0.369 e. The minimum absolute atomic E-state index is 0.313. The molecule has 0 aliphatic heterocycles. The van der Waals surface area contributed by atoms with Gasteiger partial charge in [-0.2, -0.15) is 4.98 Å². The van der Waals surface area contributed by atoms with Crippen LogP contribution in [0.15, 0.2) is 35.8 Å². The fourth-order valence-electron chi connectivity index (χ4n) is 2.09. The first-order chi connectivity index (χ1) is 10.3. The molecule has 2 aromatic heterocycles. The van der Waals surface area contributed by atoms with E-state index in [-0.39, 0.29) is 0 Å². The van der Waals surface area contributed by atoms with Crippen molar-refractivity contribution in [3.63, 3.8) is 0 Å². The maximum Gasteiger partial charge on any atom is 0.239 e. The Morgan fingerprint density at radius 3 is 2.90 bits per heavy atom. The van der Waals surface area contributed by atoms with Crippen LogP contribution in [0.4, 0.5) is 11.8 Å². The molecular formula is C14H16N6S. The molecule has 21 heavy (non-hydrogen) atoms. The number of para-hydroxylation sites is 1. The van der Waals surface area contributed by atoms with E-state index < -0.39 is 0 Å². The van der Waals surface area contributed by atoms with Crippen molar-refractivity contribution in [2.45, 2.75) is 12.8 Å². The summed E-state index contributed by atoms with van der Waals surface area (Å²) in [6.07, 6.45) is 1.83. The highest BCUT2D eigenvalue weighted by Gasteiger charge is 2.11. The predicted molar refractivity (Wildman–Crippen MR) is 86.4 cm³/mol. The lowest BCUT2D eigenvalue weighted by atomic mass is 10.2. The quantitative estimate of drug-likeness (QED) is 0.496. The number of aromatic nitrogens is 3. The van der Waals surface area contributed by atoms with Gasteiger partial charge in [-0.25, -0.2) is 15.8 Å². The topological polar surface area (TPSA) is 88.8 Å². The number of benzene rings is 1. The molecule has 4 N–H and O–H groups in total. The molecule has 1 unspecified atom stereocenters. The number of nitrogens with two attached hydrogens (primary N) is 1. The van der Waals surface area contributed by atoms with E-state index in [1.165, 1.54) is 0 Å². The Balaban J connectivity index is 1.85. The SMILES string of the molecule is CC(CNc1nc(NN)nc2ccccc12)c1nccs1. The number of anilines is 2. The van der Waals surface area contributed by atoms with Crippen LogP contribution >= 0.6 is 11.3 Å². The Bertz CT molecular complexity index is 727. The van der Waals surface area contributed by atoms with Crippen molar-refractivity contribution in [2.24, 2.45) is 5.84 Å². The van der Waals surface area contributed by atoms with E-state index in [4.69, 9.17) is 5.84 Å². The van der Waals surface area contributed by atoms with Crippen molar-refractivity contribution < 1.29 is 0 Å². The van der Waals surface area contributed by atoms with Gasteiger partial charge in [0.25, 0.3) is 0 Å². The third kappa shape index (κ3) is 2.93. The van der Waals surface area contributed by atoms with Crippen LogP contribution in [0, 0.1) is 0 Å². The summed E-state index contributed by atoms with van der Waals surface area (Å²) < 4.78 is 0. The average molecular weight is 300 g/mol. The Labute approximate surface area is 126 Å². The van der Waals surface area contributed by atoms with Gasteiger partial charge < -0.3 is 5.32 Å². The molecule has 1 atom stereocenters. The molecule has 7 heteroatoms. The van der Waals surface area contributed by atoms with Crippen molar-refractivity contribution in [1.82, 2.24) is 15.0 Å². The first-order valence-electron chi connectivity index (χ1n) is 6.64. The lowest BCUT2D eigenvalue weighted by Crippen LogP contribution is -2.14. The molecule has 0 aliphatic carbocycles. The van der Waals surface area contributed by atoms with Gasteiger partial charge in [0.05, 0.1) is 10.5 Å². The maximum absolute atomic E-state index is 5.43. The number of nitrogen functional groups attached to an aromatic ring is 1. The van der Waals surface area contributed by atoms with E-state index in [2.05, 4.69) is 32.6 Å². The lowest BCUT2D eigenvalue weighted by Gasteiger charge is -2.13. The van der Waals surface area contributed by atoms with Crippen molar-refractivity contribution in [3.05, 3.63) is 40.8 Å². The van der Waals surface area contributed by atoms with Gasteiger partial charge in [-0.3, -0.25) is 5.43 Å². The van der Waals surface area contributed by atoms with Crippen LogP contribution < -0.4 is 16.6 Å². The fraction of sp³-hybridized carbons (Fsp3) is 0.214. The molecule has 0 spiro atoms. The minimum atomic E-state index is 0.313. The van der Waals surface area contributed by atoms with E-state index in [9.17, 15) is 0 Å². The summed E-state index contributed by atoms with van der Waals surface area (Å²) >= 11 is 1.66. The van der Waals surface area contributed by atoms with Crippen LogP contribution in [0.2, 0.25) is 0 Å². The summed E-state index contributed by atoms with van der Waals surface area (Å²) in [5.74, 6) is 6.92. The normalized spacial score (nSPS) is 12.3. The van der Waals surface area contributed by atoms with Gasteiger partial charge in [-0.15, -0.1) is 11.3 Å². The molecule has 3 rings (SSSR count). The Morgan fingerprint density at radius 2 is 2.14 bits per heavy atom. The summed E-state index contributed by atoms with van der Waals surface area (Å²) in [5.41, 5.74) is 3.35. The molecule has 0 bridgehead atoms. The number of hydrogen-bond donors (Lipinski definition) is 3. The van der Waals surface area contributed by atoms with Crippen LogP contribution in [-0.4, -0.2) is 21.5 Å².